The van der Waals surface area contributed by atoms with Crippen molar-refractivity contribution >= 4 is 35.7 Å². The van der Waals surface area contributed by atoms with Crippen molar-refractivity contribution in [2.45, 2.75) is 9.79 Å². The van der Waals surface area contributed by atoms with Crippen molar-refractivity contribution in [1.29, 1.82) is 0 Å². The lowest BCUT2D eigenvalue weighted by molar-refractivity contribution is 0.425. The summed E-state index contributed by atoms with van der Waals surface area (Å²) in [6, 6.07) is 13.4. The van der Waals surface area contributed by atoms with Crippen LogP contribution in [0.5, 0.6) is 0 Å². The molecule has 0 saturated carbocycles. The number of benzene rings is 2. The van der Waals surface area contributed by atoms with E-state index in [-0.39, 0.29) is 0 Å². The zero-order valence-corrected chi connectivity index (χ0v) is 9.74. The third-order valence-corrected chi connectivity index (χ3v) is 3.81. The molecule has 5 heteroatoms. The number of anilines is 2. The SMILES string of the molecule is OB(O)c1ccc2c(c1)Sc1ccccc1N2. The van der Waals surface area contributed by atoms with E-state index in [1.54, 1.807) is 23.9 Å². The molecule has 0 radical (unpaired) electrons. The lowest BCUT2D eigenvalue weighted by atomic mass is 9.80. The van der Waals surface area contributed by atoms with Crippen LogP contribution in [0, 0.1) is 0 Å². The van der Waals surface area contributed by atoms with Crippen LogP contribution in [0.2, 0.25) is 0 Å². The van der Waals surface area contributed by atoms with Crippen molar-refractivity contribution in [2.24, 2.45) is 0 Å². The first-order valence-corrected chi connectivity index (χ1v) is 6.10. The Morgan fingerprint density at radius 1 is 0.941 bits per heavy atom. The molecule has 0 atom stereocenters. The minimum absolute atomic E-state index is 0.512. The lowest BCUT2D eigenvalue weighted by Gasteiger charge is -2.21. The van der Waals surface area contributed by atoms with Gasteiger partial charge < -0.3 is 15.4 Å². The van der Waals surface area contributed by atoms with Gasteiger partial charge in [0.2, 0.25) is 0 Å². The molecule has 3 nitrogen and oxygen atoms in total. The Morgan fingerprint density at radius 3 is 2.53 bits per heavy atom. The zero-order chi connectivity index (χ0) is 11.8. The van der Waals surface area contributed by atoms with Crippen LogP contribution in [0.3, 0.4) is 0 Å². The zero-order valence-electron chi connectivity index (χ0n) is 8.92. The van der Waals surface area contributed by atoms with Crippen LogP contribution in [0.25, 0.3) is 0 Å². The van der Waals surface area contributed by atoms with Crippen LogP contribution in [0.4, 0.5) is 11.4 Å². The molecule has 0 amide bonds. The Labute approximate surface area is 104 Å². The number of para-hydroxylation sites is 1. The van der Waals surface area contributed by atoms with Crippen molar-refractivity contribution in [2.75, 3.05) is 5.32 Å². The Balaban J connectivity index is 2.03. The molecule has 0 bridgehead atoms. The van der Waals surface area contributed by atoms with E-state index in [4.69, 9.17) is 10.0 Å². The fourth-order valence-corrected chi connectivity index (χ4v) is 2.85. The molecule has 0 aromatic heterocycles. The molecule has 17 heavy (non-hydrogen) atoms. The minimum Gasteiger partial charge on any atom is -0.423 e. The van der Waals surface area contributed by atoms with Crippen LogP contribution in [0.1, 0.15) is 0 Å². The van der Waals surface area contributed by atoms with Gasteiger partial charge in [-0.3, -0.25) is 0 Å². The predicted molar refractivity (Wildman–Crippen MR) is 70.1 cm³/mol. The molecule has 84 valence electrons. The molecule has 0 spiro atoms. The van der Waals surface area contributed by atoms with E-state index in [0.717, 1.165) is 21.2 Å². The first-order chi connectivity index (χ1) is 8.24. The Bertz CT molecular complexity index is 574. The number of rotatable bonds is 1. The van der Waals surface area contributed by atoms with E-state index in [9.17, 15) is 0 Å². The fraction of sp³-hybridized carbons (Fsp3) is 0. The fourth-order valence-electron chi connectivity index (χ4n) is 1.81. The molecule has 0 unspecified atom stereocenters. The molecule has 1 aliphatic heterocycles. The van der Waals surface area contributed by atoms with Gasteiger partial charge in [-0.05, 0) is 29.7 Å². The summed E-state index contributed by atoms with van der Waals surface area (Å²) in [6.07, 6.45) is 0. The average Bonchev–Trinajstić information content (AvgIpc) is 2.35. The number of hydrogen-bond acceptors (Lipinski definition) is 4. The topological polar surface area (TPSA) is 52.5 Å². The van der Waals surface area contributed by atoms with Crippen molar-refractivity contribution in [3.63, 3.8) is 0 Å². The highest BCUT2D eigenvalue weighted by molar-refractivity contribution is 7.99. The molecule has 3 N–H and O–H groups in total. The van der Waals surface area contributed by atoms with Crippen LogP contribution in [0.15, 0.2) is 52.3 Å². The number of fused-ring (bicyclic) bond motifs is 2. The maximum Gasteiger partial charge on any atom is 0.488 e. The standard InChI is InChI=1S/C12H10BNO2S/c15-13(16)8-5-6-10-12(7-8)17-11-4-2-1-3-9(11)14-10/h1-7,14-16H. The predicted octanol–water partition coefficient (Wildman–Crippen LogP) is 1.57. The summed E-state index contributed by atoms with van der Waals surface area (Å²) in [5.41, 5.74) is 2.60. The van der Waals surface area contributed by atoms with E-state index < -0.39 is 7.12 Å². The van der Waals surface area contributed by atoms with E-state index in [1.165, 1.54) is 0 Å². The van der Waals surface area contributed by atoms with Crippen molar-refractivity contribution in [3.05, 3.63) is 42.5 Å². The Hall–Kier alpha value is -1.43. The van der Waals surface area contributed by atoms with E-state index in [2.05, 4.69) is 5.32 Å². The summed E-state index contributed by atoms with van der Waals surface area (Å²) in [5.74, 6) is 0. The van der Waals surface area contributed by atoms with Crippen molar-refractivity contribution in [3.8, 4) is 0 Å². The Morgan fingerprint density at radius 2 is 1.71 bits per heavy atom. The maximum atomic E-state index is 9.15. The van der Waals surface area contributed by atoms with Gasteiger partial charge in [0.15, 0.2) is 0 Å². The average molecular weight is 243 g/mol. The summed E-state index contributed by atoms with van der Waals surface area (Å²) < 4.78 is 0. The second-order valence-electron chi connectivity index (χ2n) is 3.85. The second-order valence-corrected chi connectivity index (χ2v) is 4.94. The molecule has 1 heterocycles. The number of hydrogen-bond donors (Lipinski definition) is 3. The summed E-state index contributed by atoms with van der Waals surface area (Å²) in [7, 11) is -1.42. The molecule has 3 rings (SSSR count). The van der Waals surface area contributed by atoms with Crippen LogP contribution in [-0.2, 0) is 0 Å². The highest BCUT2D eigenvalue weighted by Crippen LogP contribution is 2.43. The molecular weight excluding hydrogens is 233 g/mol. The van der Waals surface area contributed by atoms with Crippen LogP contribution in [-0.4, -0.2) is 17.2 Å². The summed E-state index contributed by atoms with van der Waals surface area (Å²) in [6.45, 7) is 0. The summed E-state index contributed by atoms with van der Waals surface area (Å²) >= 11 is 1.63. The quantitative estimate of drug-likeness (QED) is 0.568. The number of nitrogens with one attached hydrogen (secondary N) is 1. The highest BCUT2D eigenvalue weighted by atomic mass is 32.2. The lowest BCUT2D eigenvalue weighted by Crippen LogP contribution is -2.29. The highest BCUT2D eigenvalue weighted by Gasteiger charge is 2.18. The Kier molecular flexibility index (Phi) is 2.59. The molecule has 1 aliphatic rings. The van der Waals surface area contributed by atoms with Crippen molar-refractivity contribution < 1.29 is 10.0 Å². The van der Waals surface area contributed by atoms with E-state index >= 15 is 0 Å². The normalized spacial score (nSPS) is 12.4. The first kappa shape index (κ1) is 10.7. The summed E-state index contributed by atoms with van der Waals surface area (Å²) in [4.78, 5) is 2.15. The van der Waals surface area contributed by atoms with Gasteiger partial charge in [0.05, 0.1) is 11.4 Å². The van der Waals surface area contributed by atoms with Gasteiger partial charge in [-0.25, -0.2) is 0 Å². The molecule has 2 aromatic carbocycles. The molecule has 0 saturated heterocycles. The van der Waals surface area contributed by atoms with Gasteiger partial charge in [-0.2, -0.15) is 0 Å². The van der Waals surface area contributed by atoms with Crippen LogP contribution < -0.4 is 10.8 Å². The van der Waals surface area contributed by atoms with Gasteiger partial charge in [-0.1, -0.05) is 30.0 Å². The second kappa shape index (κ2) is 4.11. The van der Waals surface area contributed by atoms with Gasteiger partial charge in [0, 0.05) is 9.79 Å². The van der Waals surface area contributed by atoms with Gasteiger partial charge in [0.25, 0.3) is 0 Å². The van der Waals surface area contributed by atoms with Crippen molar-refractivity contribution in [1.82, 2.24) is 0 Å². The molecule has 0 aliphatic carbocycles. The van der Waals surface area contributed by atoms with Crippen LogP contribution >= 0.6 is 11.8 Å². The largest absolute Gasteiger partial charge is 0.488 e. The van der Waals surface area contributed by atoms with E-state index in [0.29, 0.717) is 5.46 Å². The minimum atomic E-state index is -1.42. The van der Waals surface area contributed by atoms with Gasteiger partial charge >= 0.3 is 7.12 Å². The van der Waals surface area contributed by atoms with E-state index in [1.807, 2.05) is 30.3 Å². The third kappa shape index (κ3) is 1.93. The smallest absolute Gasteiger partial charge is 0.423 e. The molecule has 0 fully saturated rings. The monoisotopic (exact) mass is 243 g/mol. The maximum absolute atomic E-state index is 9.15. The van der Waals surface area contributed by atoms with Gasteiger partial charge in [0.1, 0.15) is 0 Å². The summed E-state index contributed by atoms with van der Waals surface area (Å²) in [5, 5.41) is 21.6. The first-order valence-electron chi connectivity index (χ1n) is 5.28. The van der Waals surface area contributed by atoms with Gasteiger partial charge in [-0.15, -0.1) is 0 Å². The third-order valence-electron chi connectivity index (χ3n) is 2.68. The molecule has 2 aromatic rings. The molecular formula is C12H10BNO2S.